The molecule has 3 nitrogen and oxygen atoms in total. The first kappa shape index (κ1) is 16.0. The zero-order valence-electron chi connectivity index (χ0n) is 12.2. The van der Waals surface area contributed by atoms with Gasteiger partial charge in [0.25, 0.3) is 0 Å². The number of fused-ring (bicyclic) bond motifs is 1. The van der Waals surface area contributed by atoms with Crippen molar-refractivity contribution in [3.8, 4) is 0 Å². The van der Waals surface area contributed by atoms with E-state index in [2.05, 4.69) is 0 Å². The first-order valence-corrected chi connectivity index (χ1v) is 9.70. The van der Waals surface area contributed by atoms with E-state index >= 15 is 0 Å². The highest BCUT2D eigenvalue weighted by molar-refractivity contribution is 7.98. The van der Waals surface area contributed by atoms with E-state index in [1.807, 2.05) is 30.5 Å². The number of rotatable bonds is 2. The summed E-state index contributed by atoms with van der Waals surface area (Å²) in [6, 6.07) is 11.2. The predicted octanol–water partition coefficient (Wildman–Crippen LogP) is 3.60. The van der Waals surface area contributed by atoms with Crippen LogP contribution in [0.25, 0.3) is 6.08 Å². The molecule has 3 rings (SSSR count). The summed E-state index contributed by atoms with van der Waals surface area (Å²) in [5, 5.41) is 0. The number of hydrogen-bond acceptors (Lipinski definition) is 4. The summed E-state index contributed by atoms with van der Waals surface area (Å²) >= 11 is 1.59. The molecule has 2 aromatic rings. The molecule has 0 saturated carbocycles. The van der Waals surface area contributed by atoms with Crippen LogP contribution in [-0.2, 0) is 9.84 Å². The van der Waals surface area contributed by atoms with Crippen LogP contribution < -0.4 is 0 Å². The van der Waals surface area contributed by atoms with Gasteiger partial charge in [0.05, 0.1) is 5.75 Å². The molecule has 23 heavy (non-hydrogen) atoms. The smallest absolute Gasteiger partial charge is 0.191 e. The summed E-state index contributed by atoms with van der Waals surface area (Å²) in [5.74, 6) is -1.80. The van der Waals surface area contributed by atoms with Crippen molar-refractivity contribution in [2.24, 2.45) is 0 Å². The lowest BCUT2D eigenvalue weighted by Gasteiger charge is -2.18. The third kappa shape index (κ3) is 2.96. The molecule has 0 fully saturated rings. The fourth-order valence-corrected chi connectivity index (χ4v) is 4.57. The molecular weight excluding hydrogens is 335 g/mol. The Kier molecular flexibility index (Phi) is 4.12. The Morgan fingerprint density at radius 3 is 2.48 bits per heavy atom. The van der Waals surface area contributed by atoms with Crippen molar-refractivity contribution < 1.29 is 17.6 Å². The first-order chi connectivity index (χ1) is 10.9. The highest BCUT2D eigenvalue weighted by Gasteiger charge is 2.35. The number of carbonyl (C=O) groups is 1. The number of thioether (sulfide) groups is 1. The fraction of sp³-hybridized carbons (Fsp3) is 0.118. The molecule has 1 aliphatic rings. The van der Waals surface area contributed by atoms with Gasteiger partial charge in [-0.15, -0.1) is 11.8 Å². The summed E-state index contributed by atoms with van der Waals surface area (Å²) in [6.45, 7) is 0. The summed E-state index contributed by atoms with van der Waals surface area (Å²) in [5.41, 5.74) is 0.796. The van der Waals surface area contributed by atoms with E-state index in [0.29, 0.717) is 0 Å². The van der Waals surface area contributed by atoms with Gasteiger partial charge in [0, 0.05) is 16.0 Å². The minimum absolute atomic E-state index is 0.0942. The van der Waals surface area contributed by atoms with Crippen LogP contribution in [0.5, 0.6) is 0 Å². The highest BCUT2D eigenvalue weighted by Crippen LogP contribution is 2.31. The van der Waals surface area contributed by atoms with Gasteiger partial charge in [0.15, 0.2) is 15.6 Å². The second-order valence-corrected chi connectivity index (χ2v) is 7.95. The van der Waals surface area contributed by atoms with Gasteiger partial charge in [-0.05, 0) is 42.2 Å². The average Bonchev–Trinajstić information content (AvgIpc) is 2.52. The number of hydrogen-bond donors (Lipinski definition) is 0. The van der Waals surface area contributed by atoms with Crippen molar-refractivity contribution in [1.29, 1.82) is 0 Å². The maximum absolute atomic E-state index is 13.8. The van der Waals surface area contributed by atoms with Gasteiger partial charge in [-0.1, -0.05) is 18.2 Å². The van der Waals surface area contributed by atoms with E-state index in [0.717, 1.165) is 16.5 Å². The summed E-state index contributed by atoms with van der Waals surface area (Å²) in [4.78, 5) is 13.1. The highest BCUT2D eigenvalue weighted by atomic mass is 32.2. The molecule has 0 aromatic heterocycles. The van der Waals surface area contributed by atoms with Crippen molar-refractivity contribution in [1.82, 2.24) is 0 Å². The number of halogens is 1. The number of ketones is 1. The third-order valence-corrected chi connectivity index (χ3v) is 6.09. The van der Waals surface area contributed by atoms with Crippen LogP contribution in [0.1, 0.15) is 15.9 Å². The molecule has 6 heteroatoms. The lowest BCUT2D eigenvalue weighted by atomic mass is 10.0. The maximum atomic E-state index is 13.8. The molecule has 1 heterocycles. The molecule has 0 amide bonds. The molecule has 0 N–H and O–H groups in total. The van der Waals surface area contributed by atoms with Crippen molar-refractivity contribution in [2.45, 2.75) is 9.79 Å². The topological polar surface area (TPSA) is 51.2 Å². The van der Waals surface area contributed by atoms with Crippen molar-refractivity contribution in [3.05, 3.63) is 65.0 Å². The first-order valence-electron chi connectivity index (χ1n) is 6.83. The molecule has 2 aromatic carbocycles. The third-order valence-electron chi connectivity index (χ3n) is 3.62. The van der Waals surface area contributed by atoms with Gasteiger partial charge < -0.3 is 0 Å². The van der Waals surface area contributed by atoms with Gasteiger partial charge >= 0.3 is 0 Å². The minimum Gasteiger partial charge on any atom is -0.289 e. The van der Waals surface area contributed by atoms with Crippen molar-refractivity contribution in [2.75, 3.05) is 12.0 Å². The van der Waals surface area contributed by atoms with Crippen LogP contribution in [-0.4, -0.2) is 26.2 Å². The van der Waals surface area contributed by atoms with E-state index in [9.17, 15) is 17.6 Å². The van der Waals surface area contributed by atoms with Crippen LogP contribution in [0.3, 0.4) is 0 Å². The van der Waals surface area contributed by atoms with E-state index in [1.54, 1.807) is 17.8 Å². The molecular formula is C17H13FO3S2. The fourth-order valence-electron chi connectivity index (χ4n) is 2.53. The molecule has 0 radical (unpaired) electrons. The second kappa shape index (κ2) is 5.94. The second-order valence-electron chi connectivity index (χ2n) is 5.15. The number of sulfone groups is 1. The Labute approximate surface area is 138 Å². The molecule has 0 saturated heterocycles. The van der Waals surface area contributed by atoms with Crippen molar-refractivity contribution >= 4 is 33.5 Å². The van der Waals surface area contributed by atoms with Crippen LogP contribution >= 0.6 is 11.8 Å². The lowest BCUT2D eigenvalue weighted by molar-refractivity contribution is 0.103. The summed E-state index contributed by atoms with van der Waals surface area (Å²) < 4.78 is 38.4. The van der Waals surface area contributed by atoms with Gasteiger partial charge in [-0.2, -0.15) is 0 Å². The number of carbonyl (C=O) groups excluding carboxylic acids is 1. The maximum Gasteiger partial charge on any atom is 0.191 e. The lowest BCUT2D eigenvalue weighted by Crippen LogP contribution is -2.25. The standard InChI is InChI=1S/C17H13FO3S2/c1-22-13-7-5-11(6-8-13)9-12-10-23(20,21)17-14(16(12)19)3-2-4-15(17)18/h2-9H,10H2,1H3/b12-9+. The Balaban J connectivity index is 2.09. The Morgan fingerprint density at radius 2 is 1.83 bits per heavy atom. The van der Waals surface area contributed by atoms with Crippen LogP contribution in [0, 0.1) is 5.82 Å². The molecule has 0 bridgehead atoms. The molecule has 0 unspecified atom stereocenters. The van der Waals surface area contributed by atoms with Crippen LogP contribution in [0.4, 0.5) is 4.39 Å². The minimum atomic E-state index is -3.86. The normalized spacial score (nSPS) is 18.0. The zero-order chi connectivity index (χ0) is 16.6. The molecule has 0 aliphatic carbocycles. The van der Waals surface area contributed by atoms with E-state index < -0.39 is 32.1 Å². The van der Waals surface area contributed by atoms with Crippen LogP contribution in [0.15, 0.2) is 57.8 Å². The quantitative estimate of drug-likeness (QED) is 0.615. The number of Topliss-reactive ketones (excluding diaryl/α,β-unsaturated/α-hetero) is 1. The van der Waals surface area contributed by atoms with E-state index in [4.69, 9.17) is 0 Å². The largest absolute Gasteiger partial charge is 0.289 e. The van der Waals surface area contributed by atoms with Crippen LogP contribution in [0.2, 0.25) is 0 Å². The Bertz CT molecular complexity index is 913. The molecule has 1 aliphatic heterocycles. The number of benzene rings is 2. The van der Waals surface area contributed by atoms with Gasteiger partial charge in [-0.3, -0.25) is 4.79 Å². The SMILES string of the molecule is CSc1ccc(/C=C2\CS(=O)(=O)c3c(F)cccc3C2=O)cc1. The molecule has 0 spiro atoms. The molecule has 118 valence electrons. The molecule has 0 atom stereocenters. The van der Waals surface area contributed by atoms with Gasteiger partial charge in [0.2, 0.25) is 0 Å². The monoisotopic (exact) mass is 348 g/mol. The van der Waals surface area contributed by atoms with Crippen molar-refractivity contribution in [3.63, 3.8) is 0 Å². The average molecular weight is 348 g/mol. The summed E-state index contributed by atoms with van der Waals surface area (Å²) in [7, 11) is -3.86. The Hall–Kier alpha value is -1.92. The van der Waals surface area contributed by atoms with E-state index in [1.165, 1.54) is 12.1 Å². The van der Waals surface area contributed by atoms with Gasteiger partial charge in [-0.25, -0.2) is 12.8 Å². The summed E-state index contributed by atoms with van der Waals surface area (Å²) in [6.07, 6.45) is 3.51. The van der Waals surface area contributed by atoms with E-state index in [-0.39, 0.29) is 11.1 Å². The van der Waals surface area contributed by atoms with Gasteiger partial charge in [0.1, 0.15) is 10.7 Å². The Morgan fingerprint density at radius 1 is 1.13 bits per heavy atom. The predicted molar refractivity (Wildman–Crippen MR) is 89.0 cm³/mol. The zero-order valence-corrected chi connectivity index (χ0v) is 13.9.